The van der Waals surface area contributed by atoms with Gasteiger partial charge in [0.05, 0.1) is 13.7 Å². The molecule has 0 fully saturated rings. The van der Waals surface area contributed by atoms with Gasteiger partial charge in [-0.05, 0) is 65.2 Å². The fourth-order valence-corrected chi connectivity index (χ4v) is 3.02. The summed E-state index contributed by atoms with van der Waals surface area (Å²) in [4.78, 5) is 47.7. The normalized spacial score (nSPS) is 14.0. The average molecular weight is 514 g/mol. The van der Waals surface area contributed by atoms with Crippen LogP contribution in [-0.2, 0) is 23.7 Å². The van der Waals surface area contributed by atoms with Gasteiger partial charge in [0.15, 0.2) is 11.5 Å². The van der Waals surface area contributed by atoms with Crippen LogP contribution >= 0.6 is 0 Å². The lowest BCUT2D eigenvalue weighted by Gasteiger charge is -2.28. The van der Waals surface area contributed by atoms with Gasteiger partial charge in [-0.3, -0.25) is 4.79 Å². The zero-order valence-corrected chi connectivity index (χ0v) is 21.8. The van der Waals surface area contributed by atoms with Crippen molar-refractivity contribution in [1.29, 1.82) is 0 Å². The number of methoxy groups -OCH3 is 1. The Balaban J connectivity index is 3.44. The van der Waals surface area contributed by atoms with Gasteiger partial charge in [0, 0.05) is 5.92 Å². The summed E-state index contributed by atoms with van der Waals surface area (Å²) >= 11 is 0. The number of benzene rings is 1. The van der Waals surface area contributed by atoms with Crippen LogP contribution in [0.15, 0.2) is 18.2 Å². The Kier molecular flexibility index (Phi) is 10.5. The molecule has 0 bridgehead atoms. The van der Waals surface area contributed by atoms with E-state index in [1.54, 1.807) is 48.5 Å². The van der Waals surface area contributed by atoms with E-state index in [1.165, 1.54) is 18.2 Å². The van der Waals surface area contributed by atoms with Crippen molar-refractivity contribution < 1.29 is 52.7 Å². The summed E-state index contributed by atoms with van der Waals surface area (Å²) in [5.74, 6) is -3.25. The van der Waals surface area contributed by atoms with Crippen LogP contribution in [-0.4, -0.2) is 60.5 Å². The first kappa shape index (κ1) is 30.5. The number of hydrogen-bond acceptors (Lipinski definition) is 11. The molecule has 12 nitrogen and oxygen atoms in total. The van der Waals surface area contributed by atoms with Crippen molar-refractivity contribution in [2.45, 2.75) is 71.6 Å². The molecule has 0 radical (unpaired) electrons. The molecule has 202 valence electrons. The molecule has 0 spiro atoms. The molecule has 12 heteroatoms. The van der Waals surface area contributed by atoms with Crippen LogP contribution in [0.5, 0.6) is 11.5 Å². The molecule has 1 rings (SSSR count). The van der Waals surface area contributed by atoms with Crippen molar-refractivity contribution in [3.8, 4) is 11.5 Å². The molecule has 0 saturated carbocycles. The van der Waals surface area contributed by atoms with E-state index in [0.29, 0.717) is 5.56 Å². The Morgan fingerprint density at radius 2 is 1.39 bits per heavy atom. The maximum Gasteiger partial charge on any atom is 0.514 e. The van der Waals surface area contributed by atoms with Crippen LogP contribution in [0.2, 0.25) is 0 Å². The second-order valence-electron chi connectivity index (χ2n) is 9.97. The Morgan fingerprint density at radius 3 is 1.83 bits per heavy atom. The van der Waals surface area contributed by atoms with Crippen molar-refractivity contribution in [1.82, 2.24) is 0 Å². The number of nitrogens with two attached hydrogens (primary N) is 1. The van der Waals surface area contributed by atoms with Crippen molar-refractivity contribution in [3.63, 3.8) is 0 Å². The van der Waals surface area contributed by atoms with E-state index in [1.807, 2.05) is 0 Å². The Labute approximate surface area is 209 Å². The number of rotatable bonds is 8. The molecule has 1 aromatic carbocycles. The highest BCUT2D eigenvalue weighted by Gasteiger charge is 2.33. The zero-order chi connectivity index (χ0) is 27.8. The van der Waals surface area contributed by atoms with E-state index < -0.39 is 53.5 Å². The smallest absolute Gasteiger partial charge is 0.480 e. The zero-order valence-electron chi connectivity index (χ0n) is 21.8. The molecular formula is C24H35NO11. The van der Waals surface area contributed by atoms with Gasteiger partial charge in [0.25, 0.3) is 0 Å². The molecule has 2 unspecified atom stereocenters. The molecule has 3 N–H and O–H groups in total. The number of carboxylic acids is 1. The van der Waals surface area contributed by atoms with E-state index >= 15 is 0 Å². The summed E-state index contributed by atoms with van der Waals surface area (Å²) in [6.45, 7) is 11.2. The van der Waals surface area contributed by atoms with Crippen molar-refractivity contribution >= 4 is 24.4 Å². The lowest BCUT2D eigenvalue weighted by molar-refractivity contribution is -0.139. The summed E-state index contributed by atoms with van der Waals surface area (Å²) in [6, 6.07) is 2.62. The lowest BCUT2D eigenvalue weighted by atomic mass is 9.82. The molecule has 0 amide bonds. The third-order valence-electron chi connectivity index (χ3n) is 4.43. The largest absolute Gasteiger partial charge is 0.514 e. The number of carbonyl (C=O) groups is 4. The van der Waals surface area contributed by atoms with Gasteiger partial charge in [-0.1, -0.05) is 13.0 Å². The van der Waals surface area contributed by atoms with Crippen LogP contribution in [0.1, 0.15) is 59.9 Å². The highest BCUT2D eigenvalue weighted by Crippen LogP contribution is 2.36. The SMILES string of the molecule is COC(=O)OCC(C)C(c1ccc(OC(=O)OC(C)(C)C)c(OC(=O)OC(C)(C)C)c1)[C@H](N)C(=O)O. The van der Waals surface area contributed by atoms with E-state index in [9.17, 15) is 24.3 Å². The second kappa shape index (κ2) is 12.4. The number of carboxylic acid groups (broad SMARTS) is 1. The molecule has 0 aliphatic rings. The van der Waals surface area contributed by atoms with E-state index in [0.717, 1.165) is 7.11 Å². The number of aliphatic carboxylic acids is 1. The Hall–Kier alpha value is -3.54. The van der Waals surface area contributed by atoms with Crippen LogP contribution < -0.4 is 15.2 Å². The van der Waals surface area contributed by atoms with E-state index in [2.05, 4.69) is 4.74 Å². The van der Waals surface area contributed by atoms with Gasteiger partial charge in [-0.15, -0.1) is 0 Å². The molecule has 1 aromatic rings. The molecule has 0 heterocycles. The molecule has 0 aliphatic carbocycles. The number of hydrogen-bond donors (Lipinski definition) is 2. The molecular weight excluding hydrogens is 478 g/mol. The predicted molar refractivity (Wildman–Crippen MR) is 126 cm³/mol. The fraction of sp³-hybridized carbons (Fsp3) is 0.583. The van der Waals surface area contributed by atoms with Gasteiger partial charge >= 0.3 is 24.4 Å². The third kappa shape index (κ3) is 10.4. The minimum absolute atomic E-state index is 0.181. The minimum atomic E-state index is -1.42. The summed E-state index contributed by atoms with van der Waals surface area (Å²) in [5, 5.41) is 9.56. The van der Waals surface area contributed by atoms with E-state index in [-0.39, 0.29) is 18.1 Å². The lowest BCUT2D eigenvalue weighted by Crippen LogP contribution is -2.40. The van der Waals surface area contributed by atoms with Gasteiger partial charge in [0.2, 0.25) is 0 Å². The summed E-state index contributed by atoms with van der Waals surface area (Å²) < 4.78 is 30.2. The highest BCUT2D eigenvalue weighted by molar-refractivity contribution is 5.75. The number of carbonyl (C=O) groups excluding carboxylic acids is 3. The first-order chi connectivity index (χ1) is 16.4. The van der Waals surface area contributed by atoms with Gasteiger partial charge in [-0.25, -0.2) is 14.4 Å². The molecule has 0 saturated heterocycles. The third-order valence-corrected chi connectivity index (χ3v) is 4.43. The minimum Gasteiger partial charge on any atom is -0.480 e. The maximum absolute atomic E-state index is 12.4. The van der Waals surface area contributed by atoms with Crippen molar-refractivity contribution in [2.75, 3.05) is 13.7 Å². The quantitative estimate of drug-likeness (QED) is 0.288. The first-order valence-electron chi connectivity index (χ1n) is 11.1. The summed E-state index contributed by atoms with van der Waals surface area (Å²) in [5.41, 5.74) is 4.52. The fourth-order valence-electron chi connectivity index (χ4n) is 3.02. The second-order valence-corrected chi connectivity index (χ2v) is 9.97. The Bertz CT molecular complexity index is 946. The van der Waals surface area contributed by atoms with Crippen LogP contribution in [0.3, 0.4) is 0 Å². The summed E-state index contributed by atoms with van der Waals surface area (Å²) in [7, 11) is 1.14. The van der Waals surface area contributed by atoms with Gasteiger partial charge < -0.3 is 39.3 Å². The summed E-state index contributed by atoms with van der Waals surface area (Å²) in [6.07, 6.45) is -3.09. The Morgan fingerprint density at radius 1 is 0.889 bits per heavy atom. The molecule has 0 aromatic heterocycles. The van der Waals surface area contributed by atoms with Crippen LogP contribution in [0.25, 0.3) is 0 Å². The van der Waals surface area contributed by atoms with Gasteiger partial charge in [0.1, 0.15) is 17.2 Å². The standard InChI is InChI=1S/C24H35NO11/c1-13(12-32-20(28)31-8)17(18(25)19(26)27)14-9-10-15(33-21(29)35-23(2,3)4)16(11-14)34-22(30)36-24(5,6)7/h9-11,13,17-18H,12,25H2,1-8H3,(H,26,27)/t13?,17?,18-/m0/s1. The monoisotopic (exact) mass is 513 g/mol. The van der Waals surface area contributed by atoms with Gasteiger partial charge in [-0.2, -0.15) is 0 Å². The number of ether oxygens (including phenoxy) is 6. The molecule has 0 aliphatic heterocycles. The highest BCUT2D eigenvalue weighted by atomic mass is 16.8. The topological polar surface area (TPSA) is 170 Å². The predicted octanol–water partition coefficient (Wildman–Crippen LogP) is 4.23. The van der Waals surface area contributed by atoms with E-state index in [4.69, 9.17) is 29.4 Å². The maximum atomic E-state index is 12.4. The molecule has 36 heavy (non-hydrogen) atoms. The van der Waals surface area contributed by atoms with Crippen LogP contribution in [0, 0.1) is 5.92 Å². The first-order valence-corrected chi connectivity index (χ1v) is 11.1. The van der Waals surface area contributed by atoms with Crippen molar-refractivity contribution in [3.05, 3.63) is 23.8 Å². The van der Waals surface area contributed by atoms with Crippen molar-refractivity contribution in [2.24, 2.45) is 11.7 Å². The molecule has 3 atom stereocenters. The average Bonchev–Trinajstić information content (AvgIpc) is 2.70. The van der Waals surface area contributed by atoms with Crippen LogP contribution in [0.4, 0.5) is 14.4 Å².